The van der Waals surface area contributed by atoms with Crippen molar-refractivity contribution in [2.24, 2.45) is 0 Å². The number of nitrogens with one attached hydrogen (secondary N) is 2. The van der Waals surface area contributed by atoms with Crippen LogP contribution < -0.4 is 10.6 Å². The zero-order valence-corrected chi connectivity index (χ0v) is 11.6. The Bertz CT molecular complexity index is 276. The van der Waals surface area contributed by atoms with Crippen LogP contribution in [0.1, 0.15) is 12.0 Å². The standard InChI is InChI=1S/C10H15N3.3ClH/c1-11-10(4-6-13-8-10)9-3-2-5-12-7-9;;;/h2-3,5,7,11,13H,4,6,8H2,1H3;3*1H. The lowest BCUT2D eigenvalue weighted by Gasteiger charge is -2.27. The molecule has 6 heteroatoms. The average Bonchev–Trinajstić information content (AvgIpc) is 2.69. The van der Waals surface area contributed by atoms with E-state index in [0.29, 0.717) is 0 Å². The second kappa shape index (κ2) is 8.09. The third kappa shape index (κ3) is 3.47. The zero-order chi connectivity index (χ0) is 9.15. The normalized spacial score (nSPS) is 22.6. The molecular weight excluding hydrogens is 268 g/mol. The summed E-state index contributed by atoms with van der Waals surface area (Å²) in [4.78, 5) is 4.15. The summed E-state index contributed by atoms with van der Waals surface area (Å²) in [5, 5.41) is 6.76. The highest BCUT2D eigenvalue weighted by molar-refractivity contribution is 5.86. The van der Waals surface area contributed by atoms with E-state index in [0.717, 1.165) is 19.5 Å². The van der Waals surface area contributed by atoms with Gasteiger partial charge in [0.05, 0.1) is 5.54 Å². The molecule has 0 aliphatic carbocycles. The predicted molar refractivity (Wildman–Crippen MR) is 74.2 cm³/mol. The van der Waals surface area contributed by atoms with E-state index in [2.05, 4.69) is 21.7 Å². The van der Waals surface area contributed by atoms with Gasteiger partial charge in [-0.15, -0.1) is 37.2 Å². The van der Waals surface area contributed by atoms with Gasteiger partial charge in [0.15, 0.2) is 0 Å². The van der Waals surface area contributed by atoms with Crippen LogP contribution in [-0.4, -0.2) is 25.1 Å². The molecule has 0 aromatic carbocycles. The maximum absolute atomic E-state index is 4.15. The molecule has 1 aromatic rings. The summed E-state index contributed by atoms with van der Waals surface area (Å²) in [5.74, 6) is 0. The molecular formula is C10H18Cl3N3. The molecule has 1 aliphatic heterocycles. The Balaban J connectivity index is 0. The van der Waals surface area contributed by atoms with E-state index >= 15 is 0 Å². The van der Waals surface area contributed by atoms with Gasteiger partial charge in [0.25, 0.3) is 0 Å². The number of hydrogen-bond acceptors (Lipinski definition) is 3. The van der Waals surface area contributed by atoms with Crippen molar-refractivity contribution in [2.75, 3.05) is 20.1 Å². The first-order valence-corrected chi connectivity index (χ1v) is 4.67. The van der Waals surface area contributed by atoms with Crippen LogP contribution in [0.5, 0.6) is 0 Å². The topological polar surface area (TPSA) is 37.0 Å². The van der Waals surface area contributed by atoms with Gasteiger partial charge in [0, 0.05) is 18.9 Å². The van der Waals surface area contributed by atoms with Crippen molar-refractivity contribution in [3.63, 3.8) is 0 Å². The van der Waals surface area contributed by atoms with Crippen molar-refractivity contribution >= 4 is 37.2 Å². The lowest BCUT2D eigenvalue weighted by molar-refractivity contribution is 0.398. The van der Waals surface area contributed by atoms with Crippen molar-refractivity contribution in [3.05, 3.63) is 30.1 Å². The van der Waals surface area contributed by atoms with E-state index in [1.54, 1.807) is 0 Å². The summed E-state index contributed by atoms with van der Waals surface area (Å²) in [6.07, 6.45) is 4.90. The molecule has 1 aliphatic rings. The Kier molecular flexibility index (Phi) is 9.26. The van der Waals surface area contributed by atoms with Crippen molar-refractivity contribution in [1.29, 1.82) is 0 Å². The lowest BCUT2D eigenvalue weighted by atomic mass is 9.90. The molecule has 2 heterocycles. The first kappa shape index (κ1) is 18.3. The Labute approximate surface area is 115 Å². The van der Waals surface area contributed by atoms with Gasteiger partial charge in [-0.2, -0.15) is 0 Å². The fourth-order valence-corrected chi connectivity index (χ4v) is 1.94. The Morgan fingerprint density at radius 2 is 2.12 bits per heavy atom. The van der Waals surface area contributed by atoms with E-state index in [4.69, 9.17) is 0 Å². The number of nitrogens with zero attached hydrogens (tertiary/aromatic N) is 1. The van der Waals surface area contributed by atoms with Crippen molar-refractivity contribution < 1.29 is 0 Å². The molecule has 1 fully saturated rings. The summed E-state index contributed by atoms with van der Waals surface area (Å²) >= 11 is 0. The molecule has 3 nitrogen and oxygen atoms in total. The Morgan fingerprint density at radius 1 is 1.38 bits per heavy atom. The van der Waals surface area contributed by atoms with Crippen molar-refractivity contribution in [1.82, 2.24) is 15.6 Å². The summed E-state index contributed by atoms with van der Waals surface area (Å²) in [6.45, 7) is 2.07. The maximum Gasteiger partial charge on any atom is 0.0585 e. The second-order valence-corrected chi connectivity index (χ2v) is 3.50. The van der Waals surface area contributed by atoms with Crippen LogP contribution in [0.15, 0.2) is 24.5 Å². The van der Waals surface area contributed by atoms with Crippen LogP contribution in [0.25, 0.3) is 0 Å². The summed E-state index contributed by atoms with van der Waals surface area (Å²) in [7, 11) is 2.01. The number of halogens is 3. The van der Waals surface area contributed by atoms with Crippen molar-refractivity contribution in [3.8, 4) is 0 Å². The molecule has 0 bridgehead atoms. The van der Waals surface area contributed by atoms with Gasteiger partial charge >= 0.3 is 0 Å². The molecule has 0 spiro atoms. The molecule has 1 unspecified atom stereocenters. The highest BCUT2D eigenvalue weighted by atomic mass is 35.5. The minimum Gasteiger partial charge on any atom is -0.314 e. The number of hydrogen-bond donors (Lipinski definition) is 2. The fourth-order valence-electron chi connectivity index (χ4n) is 1.94. The third-order valence-electron chi connectivity index (χ3n) is 2.85. The summed E-state index contributed by atoms with van der Waals surface area (Å²) < 4.78 is 0. The monoisotopic (exact) mass is 285 g/mol. The van der Waals surface area contributed by atoms with E-state index in [1.807, 2.05) is 25.5 Å². The minimum atomic E-state index is 0. The number of rotatable bonds is 2. The SMILES string of the molecule is CNC1(c2cccnc2)CCNC1.Cl.Cl.Cl. The second-order valence-electron chi connectivity index (χ2n) is 3.50. The zero-order valence-electron chi connectivity index (χ0n) is 9.10. The molecule has 1 saturated heterocycles. The molecule has 94 valence electrons. The van der Waals surface area contributed by atoms with Gasteiger partial charge in [0.1, 0.15) is 0 Å². The number of aromatic nitrogens is 1. The van der Waals surface area contributed by atoms with Gasteiger partial charge in [-0.05, 0) is 31.6 Å². The van der Waals surface area contributed by atoms with Crippen LogP contribution in [0.2, 0.25) is 0 Å². The highest BCUT2D eigenvalue weighted by Crippen LogP contribution is 2.26. The van der Waals surface area contributed by atoms with E-state index in [9.17, 15) is 0 Å². The first-order valence-electron chi connectivity index (χ1n) is 4.67. The molecule has 0 saturated carbocycles. The molecule has 1 aromatic heterocycles. The van der Waals surface area contributed by atoms with E-state index < -0.39 is 0 Å². The van der Waals surface area contributed by atoms with Crippen molar-refractivity contribution in [2.45, 2.75) is 12.0 Å². The third-order valence-corrected chi connectivity index (χ3v) is 2.85. The smallest absolute Gasteiger partial charge is 0.0585 e. The average molecular weight is 287 g/mol. The van der Waals surface area contributed by atoms with E-state index in [1.165, 1.54) is 5.56 Å². The fraction of sp³-hybridized carbons (Fsp3) is 0.500. The van der Waals surface area contributed by atoms with Gasteiger partial charge in [0.2, 0.25) is 0 Å². The lowest BCUT2D eigenvalue weighted by Crippen LogP contribution is -2.41. The number of likely N-dealkylation sites (N-methyl/N-ethyl adjacent to an activating group) is 1. The molecule has 1 atom stereocenters. The summed E-state index contributed by atoms with van der Waals surface area (Å²) in [6, 6.07) is 4.13. The van der Waals surface area contributed by atoms with E-state index in [-0.39, 0.29) is 42.8 Å². The van der Waals surface area contributed by atoms with Crippen LogP contribution >= 0.6 is 37.2 Å². The van der Waals surface area contributed by atoms with Gasteiger partial charge in [-0.1, -0.05) is 6.07 Å². The molecule has 2 rings (SSSR count). The van der Waals surface area contributed by atoms with Crippen LogP contribution in [-0.2, 0) is 5.54 Å². The van der Waals surface area contributed by atoms with Gasteiger partial charge in [-0.3, -0.25) is 4.98 Å². The van der Waals surface area contributed by atoms with Gasteiger partial charge < -0.3 is 10.6 Å². The van der Waals surface area contributed by atoms with Gasteiger partial charge in [-0.25, -0.2) is 0 Å². The summed E-state index contributed by atoms with van der Waals surface area (Å²) in [5.41, 5.74) is 1.39. The predicted octanol–water partition coefficient (Wildman–Crippen LogP) is 1.76. The Hall–Kier alpha value is -0.0600. The maximum atomic E-state index is 4.15. The largest absolute Gasteiger partial charge is 0.314 e. The highest BCUT2D eigenvalue weighted by Gasteiger charge is 2.33. The van der Waals surface area contributed by atoms with Crippen LogP contribution in [0.3, 0.4) is 0 Å². The minimum absolute atomic E-state index is 0. The molecule has 2 N–H and O–H groups in total. The number of pyridine rings is 1. The Morgan fingerprint density at radius 3 is 2.56 bits per heavy atom. The first-order chi connectivity index (χ1) is 6.37. The van der Waals surface area contributed by atoms with Crippen LogP contribution in [0, 0.1) is 0 Å². The molecule has 16 heavy (non-hydrogen) atoms. The quantitative estimate of drug-likeness (QED) is 0.870. The van der Waals surface area contributed by atoms with Crippen LogP contribution in [0.4, 0.5) is 0 Å². The molecule has 0 radical (unpaired) electrons. The molecule has 0 amide bonds.